The average Bonchev–Trinajstić information content (AvgIpc) is 3.03. The summed E-state index contributed by atoms with van der Waals surface area (Å²) in [5, 5.41) is 8.07. The second kappa shape index (κ2) is 6.05. The zero-order chi connectivity index (χ0) is 17.4. The van der Waals surface area contributed by atoms with E-state index in [4.69, 9.17) is 5.73 Å². The Hall–Kier alpha value is -3.15. The molecule has 6 nitrogen and oxygen atoms in total. The number of H-pyrrole nitrogens is 1. The van der Waals surface area contributed by atoms with Crippen molar-refractivity contribution in [2.24, 2.45) is 5.73 Å². The lowest BCUT2D eigenvalue weighted by molar-refractivity contribution is -0.140. The standard InChI is InChI=1S/C19H18N4O2/c20-19(25)17-9-12-5-1-2-6-13(12)11-23(17)18(24)10-16-14-7-3-4-8-15(14)21-22-16/h1-8,17H,9-11H2,(H2,20,25)(H,21,22)/t17-/m0/s1. The third-order valence-electron chi connectivity index (χ3n) is 4.77. The number of nitrogens with two attached hydrogens (primary N) is 1. The third-order valence-corrected chi connectivity index (χ3v) is 4.77. The minimum atomic E-state index is -0.614. The van der Waals surface area contributed by atoms with Gasteiger partial charge in [0.15, 0.2) is 0 Å². The first-order valence-corrected chi connectivity index (χ1v) is 8.21. The number of rotatable bonds is 3. The fourth-order valence-corrected chi connectivity index (χ4v) is 3.44. The van der Waals surface area contributed by atoms with Gasteiger partial charge in [-0.25, -0.2) is 0 Å². The summed E-state index contributed by atoms with van der Waals surface area (Å²) in [5.74, 6) is -0.606. The molecule has 2 amide bonds. The van der Waals surface area contributed by atoms with Crippen molar-refractivity contribution in [3.05, 3.63) is 65.4 Å². The largest absolute Gasteiger partial charge is 0.368 e. The monoisotopic (exact) mass is 334 g/mol. The van der Waals surface area contributed by atoms with Crippen molar-refractivity contribution in [1.29, 1.82) is 0 Å². The van der Waals surface area contributed by atoms with Gasteiger partial charge >= 0.3 is 0 Å². The molecule has 2 aromatic carbocycles. The van der Waals surface area contributed by atoms with Crippen LogP contribution in [0.1, 0.15) is 16.8 Å². The van der Waals surface area contributed by atoms with Crippen molar-refractivity contribution in [1.82, 2.24) is 15.1 Å². The van der Waals surface area contributed by atoms with E-state index in [1.54, 1.807) is 4.90 Å². The van der Waals surface area contributed by atoms with Gasteiger partial charge in [0.25, 0.3) is 0 Å². The quantitative estimate of drug-likeness (QED) is 0.761. The number of hydrogen-bond acceptors (Lipinski definition) is 3. The van der Waals surface area contributed by atoms with E-state index in [2.05, 4.69) is 10.2 Å². The molecule has 1 aliphatic rings. The van der Waals surface area contributed by atoms with Crippen LogP contribution in [0.5, 0.6) is 0 Å². The Morgan fingerprint density at radius 1 is 1.12 bits per heavy atom. The third kappa shape index (κ3) is 2.76. The van der Waals surface area contributed by atoms with Gasteiger partial charge in [0.2, 0.25) is 11.8 Å². The molecule has 126 valence electrons. The van der Waals surface area contributed by atoms with Crippen LogP contribution >= 0.6 is 0 Å². The molecule has 0 fully saturated rings. The number of hydrogen-bond donors (Lipinski definition) is 2. The predicted molar refractivity (Wildman–Crippen MR) is 93.5 cm³/mol. The van der Waals surface area contributed by atoms with Crippen LogP contribution in [0.3, 0.4) is 0 Å². The second-order valence-electron chi connectivity index (χ2n) is 6.31. The average molecular weight is 334 g/mol. The Bertz CT molecular complexity index is 963. The highest BCUT2D eigenvalue weighted by atomic mass is 16.2. The molecule has 0 saturated heterocycles. The summed E-state index contributed by atoms with van der Waals surface area (Å²) in [6.45, 7) is 0.398. The smallest absolute Gasteiger partial charge is 0.240 e. The maximum Gasteiger partial charge on any atom is 0.240 e. The van der Waals surface area contributed by atoms with E-state index in [0.29, 0.717) is 13.0 Å². The maximum absolute atomic E-state index is 12.9. The molecule has 4 rings (SSSR count). The molecule has 6 heteroatoms. The number of fused-ring (bicyclic) bond motifs is 2. The zero-order valence-electron chi connectivity index (χ0n) is 13.6. The molecular weight excluding hydrogens is 316 g/mol. The number of benzene rings is 2. The lowest BCUT2D eigenvalue weighted by Gasteiger charge is -2.35. The van der Waals surface area contributed by atoms with Gasteiger partial charge in [0, 0.05) is 18.4 Å². The van der Waals surface area contributed by atoms with Crippen molar-refractivity contribution >= 4 is 22.7 Å². The summed E-state index contributed by atoms with van der Waals surface area (Å²) in [4.78, 5) is 26.4. The SMILES string of the molecule is NC(=O)[C@@H]1Cc2ccccc2CN1C(=O)Cc1[nH]nc2ccccc12. The van der Waals surface area contributed by atoms with Crippen LogP contribution in [-0.4, -0.2) is 33.0 Å². The number of aromatic nitrogens is 2. The Morgan fingerprint density at radius 3 is 2.64 bits per heavy atom. The Kier molecular flexibility index (Phi) is 3.72. The molecule has 1 atom stereocenters. The number of primary amides is 1. The minimum Gasteiger partial charge on any atom is -0.368 e. The summed E-state index contributed by atoms with van der Waals surface area (Å²) >= 11 is 0. The van der Waals surface area contributed by atoms with E-state index in [1.165, 1.54) is 0 Å². The topological polar surface area (TPSA) is 92.1 Å². The summed E-state index contributed by atoms with van der Waals surface area (Å²) in [6.07, 6.45) is 0.618. The number of carbonyl (C=O) groups excluding carboxylic acids is 2. The fraction of sp³-hybridized carbons (Fsp3) is 0.211. The first kappa shape index (κ1) is 15.4. The van der Waals surface area contributed by atoms with Gasteiger partial charge in [0.1, 0.15) is 6.04 Å². The summed E-state index contributed by atoms with van der Waals surface area (Å²) in [6, 6.07) is 14.9. The van der Waals surface area contributed by atoms with Crippen molar-refractivity contribution in [2.75, 3.05) is 0 Å². The van der Waals surface area contributed by atoms with E-state index >= 15 is 0 Å². The van der Waals surface area contributed by atoms with Crippen molar-refractivity contribution in [3.8, 4) is 0 Å². The molecule has 3 N–H and O–H groups in total. The molecule has 1 aliphatic heterocycles. The molecule has 2 heterocycles. The van der Waals surface area contributed by atoms with Gasteiger partial charge in [-0.15, -0.1) is 0 Å². The summed E-state index contributed by atoms with van der Waals surface area (Å²) in [7, 11) is 0. The van der Waals surface area contributed by atoms with Crippen LogP contribution < -0.4 is 5.73 Å². The lowest BCUT2D eigenvalue weighted by Crippen LogP contribution is -2.51. The first-order valence-electron chi connectivity index (χ1n) is 8.21. The van der Waals surface area contributed by atoms with Gasteiger partial charge in [-0.05, 0) is 17.2 Å². The predicted octanol–water partition coefficient (Wildman–Crippen LogP) is 1.54. The number of nitrogens with one attached hydrogen (secondary N) is 1. The number of para-hydroxylation sites is 1. The van der Waals surface area contributed by atoms with Crippen LogP contribution in [0.4, 0.5) is 0 Å². The van der Waals surface area contributed by atoms with Crippen LogP contribution in [0.2, 0.25) is 0 Å². The van der Waals surface area contributed by atoms with Crippen LogP contribution in [0, 0.1) is 0 Å². The van der Waals surface area contributed by atoms with E-state index in [1.807, 2.05) is 48.5 Å². The number of aromatic amines is 1. The summed E-state index contributed by atoms with van der Waals surface area (Å²) in [5.41, 5.74) is 9.27. The molecular formula is C19H18N4O2. The van der Waals surface area contributed by atoms with E-state index in [9.17, 15) is 9.59 Å². The van der Waals surface area contributed by atoms with E-state index < -0.39 is 11.9 Å². The molecule has 0 saturated carbocycles. The van der Waals surface area contributed by atoms with Crippen molar-refractivity contribution in [2.45, 2.75) is 25.4 Å². The minimum absolute atomic E-state index is 0.132. The highest BCUT2D eigenvalue weighted by molar-refractivity contribution is 5.91. The van der Waals surface area contributed by atoms with E-state index in [0.717, 1.165) is 27.7 Å². The van der Waals surface area contributed by atoms with Gasteiger partial charge in [0.05, 0.1) is 17.6 Å². The fourth-order valence-electron chi connectivity index (χ4n) is 3.44. The number of nitrogens with zero attached hydrogens (tertiary/aromatic N) is 2. The Balaban J connectivity index is 1.63. The van der Waals surface area contributed by atoms with Crippen molar-refractivity contribution < 1.29 is 9.59 Å². The van der Waals surface area contributed by atoms with Crippen LogP contribution in [-0.2, 0) is 29.0 Å². The molecule has 3 aromatic rings. The van der Waals surface area contributed by atoms with Gasteiger partial charge in [-0.3, -0.25) is 14.7 Å². The molecule has 0 unspecified atom stereocenters. The van der Waals surface area contributed by atoms with Crippen LogP contribution in [0.25, 0.3) is 10.9 Å². The Labute approximate surface area is 144 Å². The van der Waals surface area contributed by atoms with Crippen LogP contribution in [0.15, 0.2) is 48.5 Å². The molecule has 0 aliphatic carbocycles. The highest BCUT2D eigenvalue weighted by Crippen LogP contribution is 2.25. The van der Waals surface area contributed by atoms with Gasteiger partial charge in [-0.1, -0.05) is 42.5 Å². The van der Waals surface area contributed by atoms with Crippen molar-refractivity contribution in [3.63, 3.8) is 0 Å². The second-order valence-corrected chi connectivity index (χ2v) is 6.31. The highest BCUT2D eigenvalue weighted by Gasteiger charge is 2.33. The Morgan fingerprint density at radius 2 is 1.84 bits per heavy atom. The number of amides is 2. The number of carbonyl (C=O) groups is 2. The van der Waals surface area contributed by atoms with E-state index in [-0.39, 0.29) is 12.3 Å². The first-order chi connectivity index (χ1) is 12.1. The summed E-state index contributed by atoms with van der Waals surface area (Å²) < 4.78 is 0. The molecule has 0 spiro atoms. The zero-order valence-corrected chi connectivity index (χ0v) is 13.6. The lowest BCUT2D eigenvalue weighted by atomic mass is 9.93. The molecule has 0 bridgehead atoms. The maximum atomic E-state index is 12.9. The normalized spacial score (nSPS) is 16.6. The van der Waals surface area contributed by atoms with Gasteiger partial charge in [-0.2, -0.15) is 5.10 Å². The van der Waals surface area contributed by atoms with Gasteiger partial charge < -0.3 is 10.6 Å². The molecule has 0 radical (unpaired) electrons. The molecule has 25 heavy (non-hydrogen) atoms. The molecule has 1 aromatic heterocycles.